The van der Waals surface area contributed by atoms with Crippen molar-refractivity contribution in [1.82, 2.24) is 16.0 Å². The molecule has 3 amide bonds. The number of hydrogen-bond donors (Lipinski definition) is 6. The molecule has 0 aromatic rings. The maximum Gasteiger partial charge on any atom is 0.407 e. The van der Waals surface area contributed by atoms with Crippen LogP contribution in [0.4, 0.5) is 4.79 Å². The van der Waals surface area contributed by atoms with Gasteiger partial charge >= 0.3 is 12.1 Å². The van der Waals surface area contributed by atoms with Crippen LogP contribution >= 0.6 is 0 Å². The van der Waals surface area contributed by atoms with Crippen LogP contribution in [0.1, 0.15) is 92.9 Å². The van der Waals surface area contributed by atoms with E-state index in [9.17, 15) is 34.5 Å². The molecule has 0 aliphatic heterocycles. The molecule has 260 valence electrons. The van der Waals surface area contributed by atoms with E-state index in [1.165, 1.54) is 6.08 Å². The lowest BCUT2D eigenvalue weighted by Crippen LogP contribution is -2.56. The Morgan fingerprint density at radius 3 is 2.09 bits per heavy atom. The Morgan fingerprint density at radius 2 is 1.51 bits per heavy atom. The van der Waals surface area contributed by atoms with Gasteiger partial charge in [-0.2, -0.15) is 0 Å². The highest BCUT2D eigenvalue weighted by atomic mass is 16.6. The molecule has 0 saturated heterocycles. The summed E-state index contributed by atoms with van der Waals surface area (Å²) in [5.74, 6) is -1.81. The Kier molecular flexibility index (Phi) is 17.6. The van der Waals surface area contributed by atoms with Gasteiger partial charge in [-0.25, -0.2) is 4.79 Å². The number of aliphatic hydroxyl groups is 3. The second kappa shape index (κ2) is 19.7. The van der Waals surface area contributed by atoms with Gasteiger partial charge in [-0.1, -0.05) is 52.2 Å². The van der Waals surface area contributed by atoms with Crippen LogP contribution in [0, 0.1) is 11.3 Å². The zero-order chi connectivity index (χ0) is 34.2. The summed E-state index contributed by atoms with van der Waals surface area (Å²) in [4.78, 5) is 50.5. The van der Waals surface area contributed by atoms with E-state index < -0.39 is 54.0 Å². The average Bonchev–Trinajstić information content (AvgIpc) is 2.96. The van der Waals surface area contributed by atoms with Crippen LogP contribution < -0.4 is 16.0 Å². The molecule has 45 heavy (non-hydrogen) atoms. The van der Waals surface area contributed by atoms with Crippen molar-refractivity contribution < 1.29 is 48.7 Å². The number of carbonyl (C=O) groups excluding carboxylic acids is 4. The molecule has 1 rings (SSSR count). The summed E-state index contributed by atoms with van der Waals surface area (Å²) in [5.41, 5.74) is -0.932. The van der Waals surface area contributed by atoms with Gasteiger partial charge in [0.15, 0.2) is 6.10 Å². The monoisotopic (exact) mass is 643 g/mol. The zero-order valence-electron chi connectivity index (χ0n) is 28.1. The highest BCUT2D eigenvalue weighted by Gasteiger charge is 2.37. The quantitative estimate of drug-likeness (QED) is 0.0777. The number of methoxy groups -OCH3 is 1. The molecular weight excluding hydrogens is 586 g/mol. The molecule has 0 unspecified atom stereocenters. The number of amides is 3. The van der Waals surface area contributed by atoms with Crippen molar-refractivity contribution in [2.24, 2.45) is 11.3 Å². The van der Waals surface area contributed by atoms with E-state index in [0.29, 0.717) is 12.8 Å². The van der Waals surface area contributed by atoms with Gasteiger partial charge in [-0.3, -0.25) is 14.4 Å². The van der Waals surface area contributed by atoms with Crippen molar-refractivity contribution >= 4 is 23.9 Å². The molecule has 13 nitrogen and oxygen atoms in total. The SMILES string of the molecule is CO[C@@H](C(=O)N[C@@H](CCCCNC(=O)OC(C)(C)C)C(=O)NCCOC(=O)C1CCCCC1)[C@H](O)[C@@H](O)[C@H](O)/C=C/C(C)(C)C. The Hall–Kier alpha value is -2.74. The van der Waals surface area contributed by atoms with Gasteiger partial charge in [0.25, 0.3) is 5.91 Å². The van der Waals surface area contributed by atoms with Crippen LogP contribution in [0.3, 0.4) is 0 Å². The molecular formula is C32H57N3O10. The molecule has 0 radical (unpaired) electrons. The third kappa shape index (κ3) is 16.9. The van der Waals surface area contributed by atoms with E-state index in [2.05, 4.69) is 16.0 Å². The topological polar surface area (TPSA) is 193 Å². The van der Waals surface area contributed by atoms with Crippen molar-refractivity contribution in [3.63, 3.8) is 0 Å². The van der Waals surface area contributed by atoms with Gasteiger partial charge in [0, 0.05) is 13.7 Å². The lowest BCUT2D eigenvalue weighted by Gasteiger charge is -2.28. The highest BCUT2D eigenvalue weighted by Crippen LogP contribution is 2.24. The van der Waals surface area contributed by atoms with Gasteiger partial charge in [0.2, 0.25) is 5.91 Å². The van der Waals surface area contributed by atoms with Crippen LogP contribution in [0.15, 0.2) is 12.2 Å². The fraction of sp³-hybridized carbons (Fsp3) is 0.812. The minimum Gasteiger partial charge on any atom is -0.464 e. The highest BCUT2D eigenvalue weighted by molar-refractivity contribution is 5.89. The number of unbranched alkanes of at least 4 members (excludes halogenated alkanes) is 1. The fourth-order valence-corrected chi connectivity index (χ4v) is 4.69. The van der Waals surface area contributed by atoms with Crippen LogP contribution in [-0.4, -0.2) is 102 Å². The maximum atomic E-state index is 13.2. The van der Waals surface area contributed by atoms with Gasteiger partial charge in [-0.05, 0) is 58.3 Å². The summed E-state index contributed by atoms with van der Waals surface area (Å²) in [7, 11) is 1.16. The number of aliphatic hydroxyl groups excluding tert-OH is 3. The third-order valence-electron chi connectivity index (χ3n) is 7.12. The van der Waals surface area contributed by atoms with Gasteiger partial charge in [0.1, 0.15) is 36.6 Å². The summed E-state index contributed by atoms with van der Waals surface area (Å²) in [5, 5.41) is 39.4. The number of hydrogen-bond acceptors (Lipinski definition) is 10. The van der Waals surface area contributed by atoms with Crippen molar-refractivity contribution in [3.05, 3.63) is 12.2 Å². The van der Waals surface area contributed by atoms with Crippen LogP contribution in [0.25, 0.3) is 0 Å². The maximum absolute atomic E-state index is 13.2. The molecule has 0 aromatic carbocycles. The van der Waals surface area contributed by atoms with Crippen molar-refractivity contribution in [1.29, 1.82) is 0 Å². The number of allylic oxidation sites excluding steroid dienone is 1. The molecule has 0 aromatic heterocycles. The van der Waals surface area contributed by atoms with E-state index in [-0.39, 0.29) is 43.4 Å². The summed E-state index contributed by atoms with van der Waals surface area (Å²) in [6.07, 6.45) is 1.56. The summed E-state index contributed by atoms with van der Waals surface area (Å²) in [6, 6.07) is -1.07. The molecule has 13 heteroatoms. The molecule has 6 N–H and O–H groups in total. The molecule has 1 aliphatic rings. The van der Waals surface area contributed by atoms with Gasteiger partial charge in [0.05, 0.1) is 12.5 Å². The molecule has 1 saturated carbocycles. The second-order valence-corrected chi connectivity index (χ2v) is 13.6. The Morgan fingerprint density at radius 1 is 0.867 bits per heavy atom. The standard InChI is InChI=1S/C32H57N3O10/c1-31(2,3)17-16-23(36)24(37)25(38)26(43-7)28(40)35-22(15-11-12-18-34-30(42)45-32(4,5)6)27(39)33-19-20-44-29(41)21-13-9-8-10-14-21/h16-17,21-26,36-38H,8-15,18-20H2,1-7H3,(H,33,39)(H,34,42)(H,35,40)/b17-16+/t22-,23+,24-,25+,26+/m0/s1. The minimum absolute atomic E-state index is 0.0207. The summed E-state index contributed by atoms with van der Waals surface area (Å²) >= 11 is 0. The number of rotatable bonds is 17. The van der Waals surface area contributed by atoms with Crippen molar-refractivity contribution in [2.75, 3.05) is 26.8 Å². The molecule has 0 spiro atoms. The first-order chi connectivity index (χ1) is 20.9. The molecule has 0 heterocycles. The first kappa shape index (κ1) is 40.3. The molecule has 5 atom stereocenters. The zero-order valence-corrected chi connectivity index (χ0v) is 28.1. The molecule has 1 fully saturated rings. The van der Waals surface area contributed by atoms with E-state index in [1.54, 1.807) is 26.8 Å². The normalized spacial score (nSPS) is 17.9. The summed E-state index contributed by atoms with van der Waals surface area (Å²) in [6.45, 7) is 11.2. The lowest BCUT2D eigenvalue weighted by atomic mass is 9.89. The molecule has 0 bridgehead atoms. The molecule has 1 aliphatic carbocycles. The van der Waals surface area contributed by atoms with Crippen LogP contribution in [0.5, 0.6) is 0 Å². The minimum atomic E-state index is -1.81. The number of ether oxygens (including phenoxy) is 3. The van der Waals surface area contributed by atoms with E-state index in [1.807, 2.05) is 20.8 Å². The largest absolute Gasteiger partial charge is 0.464 e. The smallest absolute Gasteiger partial charge is 0.407 e. The number of esters is 1. The van der Waals surface area contributed by atoms with E-state index in [0.717, 1.165) is 39.2 Å². The second-order valence-electron chi connectivity index (χ2n) is 13.6. The number of nitrogens with one attached hydrogen (secondary N) is 3. The lowest BCUT2D eigenvalue weighted by molar-refractivity contribution is -0.151. The number of carbonyl (C=O) groups is 4. The summed E-state index contributed by atoms with van der Waals surface area (Å²) < 4.78 is 15.7. The predicted molar refractivity (Wildman–Crippen MR) is 168 cm³/mol. The number of alkyl carbamates (subject to hydrolysis) is 1. The van der Waals surface area contributed by atoms with Crippen molar-refractivity contribution in [3.8, 4) is 0 Å². The fourth-order valence-electron chi connectivity index (χ4n) is 4.69. The van der Waals surface area contributed by atoms with Crippen molar-refractivity contribution in [2.45, 2.75) is 129 Å². The van der Waals surface area contributed by atoms with Crippen LogP contribution in [-0.2, 0) is 28.6 Å². The Balaban J connectivity index is 2.81. The Labute approximate surface area is 267 Å². The first-order valence-corrected chi connectivity index (χ1v) is 15.9. The van der Waals surface area contributed by atoms with E-state index in [4.69, 9.17) is 14.2 Å². The van der Waals surface area contributed by atoms with Gasteiger partial charge < -0.3 is 45.5 Å². The third-order valence-corrected chi connectivity index (χ3v) is 7.12. The average molecular weight is 644 g/mol. The van der Waals surface area contributed by atoms with E-state index >= 15 is 0 Å². The predicted octanol–water partition coefficient (Wildman–Crippen LogP) is 2.11. The first-order valence-electron chi connectivity index (χ1n) is 15.9. The van der Waals surface area contributed by atoms with Crippen LogP contribution in [0.2, 0.25) is 0 Å². The van der Waals surface area contributed by atoms with Gasteiger partial charge in [-0.15, -0.1) is 0 Å². The Bertz CT molecular complexity index is 954.